The minimum absolute atomic E-state index is 0.0434. The van der Waals surface area contributed by atoms with Gasteiger partial charge in [0.2, 0.25) is 5.91 Å². The predicted molar refractivity (Wildman–Crippen MR) is 79.3 cm³/mol. The molecule has 5 nitrogen and oxygen atoms in total. The largest absolute Gasteiger partial charge is 0.337 e. The van der Waals surface area contributed by atoms with Gasteiger partial charge in [0.1, 0.15) is 5.75 Å². The summed E-state index contributed by atoms with van der Waals surface area (Å²) in [4.78, 5) is 16.6. The molecule has 0 saturated carbocycles. The Labute approximate surface area is 122 Å². The highest BCUT2D eigenvalue weighted by Gasteiger charge is 2.39. The minimum Gasteiger partial charge on any atom is -0.337 e. The number of hydrogen-bond acceptors (Lipinski definition) is 4. The standard InChI is InChI=1S/C14H26N2O3S/c1-3-15-9-5-7-12(15)13-8-6-10-16(13)14(17)11-20(18,19)4-2/h12-13H,3-11H2,1-2H3/t12-,13+/m1/s1. The Balaban J connectivity index is 2.05. The van der Waals surface area contributed by atoms with Crippen LogP contribution in [0, 0.1) is 0 Å². The number of sulfone groups is 1. The number of rotatable bonds is 5. The van der Waals surface area contributed by atoms with E-state index >= 15 is 0 Å². The van der Waals surface area contributed by atoms with Gasteiger partial charge in [0, 0.05) is 24.4 Å². The minimum atomic E-state index is -3.23. The normalized spacial score (nSPS) is 28.2. The predicted octanol–water partition coefficient (Wildman–Crippen LogP) is 0.896. The second kappa shape index (κ2) is 6.43. The van der Waals surface area contributed by atoms with E-state index in [2.05, 4.69) is 11.8 Å². The molecule has 116 valence electrons. The third-order valence-corrected chi connectivity index (χ3v) is 6.23. The average molecular weight is 302 g/mol. The highest BCUT2D eigenvalue weighted by Crippen LogP contribution is 2.29. The summed E-state index contributed by atoms with van der Waals surface area (Å²) in [5.74, 6) is -0.474. The highest BCUT2D eigenvalue weighted by molar-refractivity contribution is 7.92. The Morgan fingerprint density at radius 1 is 1.10 bits per heavy atom. The molecule has 2 fully saturated rings. The second-order valence-corrected chi connectivity index (χ2v) is 8.16. The molecule has 2 rings (SSSR count). The number of carbonyl (C=O) groups is 1. The molecule has 0 unspecified atom stereocenters. The van der Waals surface area contributed by atoms with Gasteiger partial charge in [-0.15, -0.1) is 0 Å². The van der Waals surface area contributed by atoms with Crippen molar-refractivity contribution in [1.82, 2.24) is 9.80 Å². The zero-order valence-corrected chi connectivity index (χ0v) is 13.4. The van der Waals surface area contributed by atoms with Crippen molar-refractivity contribution in [1.29, 1.82) is 0 Å². The molecule has 2 heterocycles. The number of carbonyl (C=O) groups excluding carboxylic acids is 1. The van der Waals surface area contributed by atoms with Crippen LogP contribution >= 0.6 is 0 Å². The van der Waals surface area contributed by atoms with E-state index in [0.29, 0.717) is 6.04 Å². The molecule has 0 aromatic rings. The van der Waals surface area contributed by atoms with Crippen molar-refractivity contribution in [2.75, 3.05) is 31.1 Å². The molecule has 2 saturated heterocycles. The van der Waals surface area contributed by atoms with Gasteiger partial charge in [-0.05, 0) is 38.8 Å². The van der Waals surface area contributed by atoms with Crippen molar-refractivity contribution in [3.05, 3.63) is 0 Å². The first-order chi connectivity index (χ1) is 9.48. The van der Waals surface area contributed by atoms with E-state index in [4.69, 9.17) is 0 Å². The van der Waals surface area contributed by atoms with Crippen LogP contribution < -0.4 is 0 Å². The number of likely N-dealkylation sites (N-methyl/N-ethyl adjacent to an activating group) is 1. The molecule has 6 heteroatoms. The van der Waals surface area contributed by atoms with E-state index in [0.717, 1.165) is 38.9 Å². The fourth-order valence-corrected chi connectivity index (χ4v) is 4.30. The van der Waals surface area contributed by atoms with Crippen molar-refractivity contribution in [2.24, 2.45) is 0 Å². The van der Waals surface area contributed by atoms with Crippen molar-refractivity contribution in [2.45, 2.75) is 51.6 Å². The van der Waals surface area contributed by atoms with E-state index in [1.165, 1.54) is 6.42 Å². The van der Waals surface area contributed by atoms with E-state index in [-0.39, 0.29) is 23.5 Å². The third kappa shape index (κ3) is 3.34. The van der Waals surface area contributed by atoms with Gasteiger partial charge < -0.3 is 4.90 Å². The van der Waals surface area contributed by atoms with Crippen LogP contribution in [0.15, 0.2) is 0 Å². The summed E-state index contributed by atoms with van der Waals surface area (Å²) < 4.78 is 23.3. The zero-order chi connectivity index (χ0) is 14.8. The van der Waals surface area contributed by atoms with Crippen molar-refractivity contribution in [3.63, 3.8) is 0 Å². The summed E-state index contributed by atoms with van der Waals surface area (Å²) in [5.41, 5.74) is 0. The maximum absolute atomic E-state index is 12.3. The van der Waals surface area contributed by atoms with Crippen LogP contribution in [-0.4, -0.2) is 67.3 Å². The van der Waals surface area contributed by atoms with Gasteiger partial charge in [-0.25, -0.2) is 8.42 Å². The van der Waals surface area contributed by atoms with Gasteiger partial charge >= 0.3 is 0 Å². The van der Waals surface area contributed by atoms with Crippen LogP contribution in [0.1, 0.15) is 39.5 Å². The van der Waals surface area contributed by atoms with Crippen LogP contribution in [0.4, 0.5) is 0 Å². The van der Waals surface area contributed by atoms with Gasteiger partial charge in [0.15, 0.2) is 9.84 Å². The molecule has 2 aliphatic rings. The molecular formula is C14H26N2O3S. The third-order valence-electron chi connectivity index (χ3n) is 4.67. The van der Waals surface area contributed by atoms with Crippen LogP contribution in [-0.2, 0) is 14.6 Å². The van der Waals surface area contributed by atoms with E-state index < -0.39 is 9.84 Å². The molecule has 0 N–H and O–H groups in total. The zero-order valence-electron chi connectivity index (χ0n) is 12.5. The van der Waals surface area contributed by atoms with Gasteiger partial charge in [0.25, 0.3) is 0 Å². The number of likely N-dealkylation sites (tertiary alicyclic amines) is 2. The molecule has 0 aliphatic carbocycles. The lowest BCUT2D eigenvalue weighted by Crippen LogP contribution is -2.49. The molecule has 0 spiro atoms. The fourth-order valence-electron chi connectivity index (χ4n) is 3.56. The summed E-state index contributed by atoms with van der Waals surface area (Å²) in [6.07, 6.45) is 4.32. The van der Waals surface area contributed by atoms with Crippen molar-refractivity contribution < 1.29 is 13.2 Å². The fraction of sp³-hybridized carbons (Fsp3) is 0.929. The molecule has 0 aromatic carbocycles. The highest BCUT2D eigenvalue weighted by atomic mass is 32.2. The smallest absolute Gasteiger partial charge is 0.238 e. The quantitative estimate of drug-likeness (QED) is 0.757. The Bertz CT molecular complexity index is 449. The SMILES string of the molecule is CCN1CCC[C@@H]1[C@@H]1CCCN1C(=O)CS(=O)(=O)CC. The first-order valence-corrected chi connectivity index (χ1v) is 9.54. The number of nitrogens with zero attached hydrogens (tertiary/aromatic N) is 2. The molecule has 20 heavy (non-hydrogen) atoms. The molecule has 0 bridgehead atoms. The van der Waals surface area contributed by atoms with E-state index in [1.807, 2.05) is 4.90 Å². The maximum atomic E-state index is 12.3. The van der Waals surface area contributed by atoms with Gasteiger partial charge in [-0.1, -0.05) is 13.8 Å². The summed E-state index contributed by atoms with van der Waals surface area (Å²) in [6, 6.07) is 0.646. The maximum Gasteiger partial charge on any atom is 0.238 e. The monoisotopic (exact) mass is 302 g/mol. The molecule has 0 radical (unpaired) electrons. The van der Waals surface area contributed by atoms with Gasteiger partial charge in [-0.2, -0.15) is 0 Å². The van der Waals surface area contributed by atoms with E-state index in [9.17, 15) is 13.2 Å². The number of hydrogen-bond donors (Lipinski definition) is 0. The van der Waals surface area contributed by atoms with Crippen LogP contribution in [0.25, 0.3) is 0 Å². The van der Waals surface area contributed by atoms with Crippen molar-refractivity contribution in [3.8, 4) is 0 Å². The first kappa shape index (κ1) is 15.8. The molecule has 1 amide bonds. The Hall–Kier alpha value is -0.620. The average Bonchev–Trinajstić information content (AvgIpc) is 3.05. The summed E-state index contributed by atoms with van der Waals surface area (Å²) in [7, 11) is -3.23. The van der Waals surface area contributed by atoms with Crippen LogP contribution in [0.3, 0.4) is 0 Å². The molecule has 2 atom stereocenters. The summed E-state index contributed by atoms with van der Waals surface area (Å²) >= 11 is 0. The van der Waals surface area contributed by atoms with Gasteiger partial charge in [-0.3, -0.25) is 9.69 Å². The Kier molecular flexibility index (Phi) is 5.07. The van der Waals surface area contributed by atoms with Gasteiger partial charge in [0.05, 0.1) is 0 Å². The Morgan fingerprint density at radius 3 is 2.40 bits per heavy atom. The first-order valence-electron chi connectivity index (χ1n) is 7.72. The second-order valence-electron chi connectivity index (χ2n) is 5.81. The molecule has 2 aliphatic heterocycles. The molecule has 0 aromatic heterocycles. The lowest BCUT2D eigenvalue weighted by Gasteiger charge is -2.34. The lowest BCUT2D eigenvalue weighted by atomic mass is 10.0. The summed E-state index contributed by atoms with van der Waals surface area (Å²) in [5, 5.41) is 0. The number of amides is 1. The van der Waals surface area contributed by atoms with E-state index in [1.54, 1.807) is 6.92 Å². The lowest BCUT2D eigenvalue weighted by molar-refractivity contribution is -0.130. The van der Waals surface area contributed by atoms with Crippen molar-refractivity contribution >= 4 is 15.7 Å². The molecular weight excluding hydrogens is 276 g/mol. The van der Waals surface area contributed by atoms with Crippen LogP contribution in [0.2, 0.25) is 0 Å². The Morgan fingerprint density at radius 2 is 1.75 bits per heavy atom. The topological polar surface area (TPSA) is 57.7 Å². The van der Waals surface area contributed by atoms with Crippen LogP contribution in [0.5, 0.6) is 0 Å². The summed E-state index contributed by atoms with van der Waals surface area (Å²) in [6.45, 7) is 6.58.